The Morgan fingerprint density at radius 2 is 2.14 bits per heavy atom. The minimum atomic E-state index is 0.231. The average molecular weight is 398 g/mol. The van der Waals surface area contributed by atoms with Crippen molar-refractivity contribution in [3.63, 3.8) is 0 Å². The van der Waals surface area contributed by atoms with Crippen molar-refractivity contribution in [3.05, 3.63) is 30.1 Å². The van der Waals surface area contributed by atoms with E-state index >= 15 is 0 Å². The highest BCUT2D eigenvalue weighted by molar-refractivity contribution is 5.80. The van der Waals surface area contributed by atoms with Crippen molar-refractivity contribution >= 4 is 5.91 Å². The Bertz CT molecular complexity index is 893. The Hall–Kier alpha value is -2.44. The Balaban J connectivity index is 1.44. The number of nitrogens with zero attached hydrogens (tertiary/aromatic N) is 4. The van der Waals surface area contributed by atoms with E-state index < -0.39 is 0 Å². The zero-order valence-corrected chi connectivity index (χ0v) is 17.8. The van der Waals surface area contributed by atoms with E-state index in [2.05, 4.69) is 47.3 Å². The lowest BCUT2D eigenvalue weighted by Gasteiger charge is -2.37. The molecule has 0 bridgehead atoms. The maximum Gasteiger partial charge on any atom is 0.265 e. The molecule has 3 atom stereocenters. The summed E-state index contributed by atoms with van der Waals surface area (Å²) < 4.78 is 7.80. The van der Waals surface area contributed by atoms with Crippen molar-refractivity contribution in [1.82, 2.24) is 25.1 Å². The fraction of sp³-hybridized carbons (Fsp3) is 0.636. The summed E-state index contributed by atoms with van der Waals surface area (Å²) in [5, 5.41) is 11.7. The molecule has 0 spiro atoms. The average Bonchev–Trinajstić information content (AvgIpc) is 3.30. The van der Waals surface area contributed by atoms with Crippen LogP contribution in [-0.2, 0) is 18.3 Å². The van der Waals surface area contributed by atoms with E-state index in [0.29, 0.717) is 35.5 Å². The second kappa shape index (κ2) is 8.13. The summed E-state index contributed by atoms with van der Waals surface area (Å²) in [6, 6.07) is 0. The van der Waals surface area contributed by atoms with Gasteiger partial charge in [-0.25, -0.2) is 4.98 Å². The van der Waals surface area contributed by atoms with Gasteiger partial charge in [-0.05, 0) is 49.9 Å². The van der Waals surface area contributed by atoms with Gasteiger partial charge in [0.2, 0.25) is 11.8 Å². The molecule has 1 saturated carbocycles. The van der Waals surface area contributed by atoms with Gasteiger partial charge in [0.1, 0.15) is 5.69 Å². The molecule has 0 saturated heterocycles. The molecule has 3 unspecified atom stereocenters. The van der Waals surface area contributed by atoms with Crippen LogP contribution in [0.2, 0.25) is 0 Å². The van der Waals surface area contributed by atoms with Gasteiger partial charge in [-0.1, -0.05) is 25.5 Å². The summed E-state index contributed by atoms with van der Waals surface area (Å²) in [7, 11) is 1.91. The highest BCUT2D eigenvalue weighted by atomic mass is 16.4. The molecule has 2 aliphatic rings. The van der Waals surface area contributed by atoms with Crippen LogP contribution in [0, 0.1) is 29.6 Å². The summed E-state index contributed by atoms with van der Waals surface area (Å²) >= 11 is 0. The van der Waals surface area contributed by atoms with Crippen molar-refractivity contribution < 1.29 is 9.21 Å². The Labute approximate surface area is 172 Å². The third kappa shape index (κ3) is 4.43. The third-order valence-electron chi connectivity index (χ3n) is 6.47. The smallest absolute Gasteiger partial charge is 0.265 e. The van der Waals surface area contributed by atoms with Crippen molar-refractivity contribution in [3.8, 4) is 11.6 Å². The molecule has 7 nitrogen and oxygen atoms in total. The Morgan fingerprint density at radius 1 is 1.34 bits per heavy atom. The molecule has 1 fully saturated rings. The van der Waals surface area contributed by atoms with Gasteiger partial charge in [0.05, 0.1) is 12.5 Å². The topological polar surface area (TPSA) is 85.8 Å². The largest absolute Gasteiger partial charge is 0.419 e. The van der Waals surface area contributed by atoms with Crippen LogP contribution in [0.1, 0.15) is 45.9 Å². The molecule has 0 radical (unpaired) electrons. The van der Waals surface area contributed by atoms with Crippen molar-refractivity contribution in [2.24, 2.45) is 36.6 Å². The first-order valence-electron chi connectivity index (χ1n) is 10.7. The van der Waals surface area contributed by atoms with Crippen LogP contribution in [0.15, 0.2) is 28.6 Å². The van der Waals surface area contributed by atoms with E-state index in [0.717, 1.165) is 37.9 Å². The number of allylic oxidation sites excluding steroid dienone is 1. The molecule has 156 valence electrons. The first-order chi connectivity index (χ1) is 13.9. The number of carbonyl (C=O) groups is 1. The summed E-state index contributed by atoms with van der Waals surface area (Å²) in [5.74, 6) is 3.54. The van der Waals surface area contributed by atoms with E-state index in [-0.39, 0.29) is 11.8 Å². The first kappa shape index (κ1) is 19.9. The number of amides is 1. The van der Waals surface area contributed by atoms with Gasteiger partial charge < -0.3 is 14.3 Å². The summed E-state index contributed by atoms with van der Waals surface area (Å²) in [5.41, 5.74) is 2.18. The van der Waals surface area contributed by atoms with Gasteiger partial charge in [0.15, 0.2) is 0 Å². The molecule has 0 aliphatic heterocycles. The van der Waals surface area contributed by atoms with Gasteiger partial charge in [-0.15, -0.1) is 10.2 Å². The molecule has 2 aromatic rings. The highest BCUT2D eigenvalue weighted by Crippen LogP contribution is 2.39. The predicted octanol–water partition coefficient (Wildman–Crippen LogP) is 3.39. The van der Waals surface area contributed by atoms with Gasteiger partial charge in [-0.3, -0.25) is 4.79 Å². The zero-order valence-electron chi connectivity index (χ0n) is 17.8. The van der Waals surface area contributed by atoms with E-state index in [4.69, 9.17) is 4.42 Å². The molecule has 1 N–H and O–H groups in total. The molecular formula is C22H31N5O2. The number of rotatable bonds is 7. The standard InChI is InChI=1S/C22H31N5O2/c1-13(2)18-8-16(14(3)7-17(18)10-24-21(28)15-5-6-15)9-20-25-26-22(29-20)19-11-23-12-27(19)4/h7,11-13,15-18H,5-6,8-10H2,1-4H3,(H,24,28). The lowest BCUT2D eigenvalue weighted by Crippen LogP contribution is -2.37. The van der Waals surface area contributed by atoms with Crippen LogP contribution in [-0.4, -0.2) is 32.2 Å². The fourth-order valence-electron chi connectivity index (χ4n) is 4.43. The molecule has 7 heteroatoms. The molecule has 1 amide bonds. The highest BCUT2D eigenvalue weighted by Gasteiger charge is 2.34. The van der Waals surface area contributed by atoms with E-state index in [1.54, 1.807) is 12.5 Å². The fourth-order valence-corrected chi connectivity index (χ4v) is 4.43. The van der Waals surface area contributed by atoms with E-state index in [1.807, 2.05) is 11.6 Å². The predicted molar refractivity (Wildman–Crippen MR) is 110 cm³/mol. The van der Waals surface area contributed by atoms with Gasteiger partial charge >= 0.3 is 0 Å². The Kier molecular flexibility index (Phi) is 5.56. The molecule has 0 aromatic carbocycles. The van der Waals surface area contributed by atoms with Crippen LogP contribution in [0.25, 0.3) is 11.6 Å². The number of imidazole rings is 1. The van der Waals surface area contributed by atoms with Crippen LogP contribution >= 0.6 is 0 Å². The maximum atomic E-state index is 12.1. The minimum Gasteiger partial charge on any atom is -0.419 e. The number of carbonyl (C=O) groups excluding carboxylic acids is 1. The SMILES string of the molecule is CC1=CC(CNC(=O)C2CC2)C(C(C)C)CC1Cc1nnc(-c2cncn2C)o1. The molecule has 2 aliphatic carbocycles. The van der Waals surface area contributed by atoms with Crippen molar-refractivity contribution in [2.45, 2.75) is 46.5 Å². The molecule has 2 heterocycles. The quantitative estimate of drug-likeness (QED) is 0.724. The summed E-state index contributed by atoms with van der Waals surface area (Å²) in [4.78, 5) is 16.2. The van der Waals surface area contributed by atoms with Crippen LogP contribution in [0.5, 0.6) is 0 Å². The first-order valence-corrected chi connectivity index (χ1v) is 10.7. The zero-order chi connectivity index (χ0) is 20.5. The molecular weight excluding hydrogens is 366 g/mol. The number of nitrogens with one attached hydrogen (secondary N) is 1. The van der Waals surface area contributed by atoms with E-state index in [9.17, 15) is 4.79 Å². The monoisotopic (exact) mass is 397 g/mol. The summed E-state index contributed by atoms with van der Waals surface area (Å²) in [6.45, 7) is 7.49. The maximum absolute atomic E-state index is 12.1. The number of hydrogen-bond acceptors (Lipinski definition) is 5. The molecule has 4 rings (SSSR count). The molecule has 2 aromatic heterocycles. The van der Waals surface area contributed by atoms with Crippen LogP contribution in [0.3, 0.4) is 0 Å². The number of aryl methyl sites for hydroxylation is 1. The van der Waals surface area contributed by atoms with E-state index in [1.165, 1.54) is 5.57 Å². The number of aromatic nitrogens is 4. The minimum absolute atomic E-state index is 0.231. The lowest BCUT2D eigenvalue weighted by atomic mass is 9.70. The van der Waals surface area contributed by atoms with Gasteiger partial charge in [0, 0.05) is 25.9 Å². The Morgan fingerprint density at radius 3 is 2.79 bits per heavy atom. The van der Waals surface area contributed by atoms with Gasteiger partial charge in [-0.2, -0.15) is 0 Å². The third-order valence-corrected chi connectivity index (χ3v) is 6.47. The van der Waals surface area contributed by atoms with Crippen LogP contribution in [0.4, 0.5) is 0 Å². The van der Waals surface area contributed by atoms with Crippen molar-refractivity contribution in [1.29, 1.82) is 0 Å². The second-order valence-corrected chi connectivity index (χ2v) is 9.03. The van der Waals surface area contributed by atoms with Crippen molar-refractivity contribution in [2.75, 3.05) is 6.54 Å². The number of hydrogen-bond donors (Lipinski definition) is 1. The molecule has 29 heavy (non-hydrogen) atoms. The summed E-state index contributed by atoms with van der Waals surface area (Å²) in [6.07, 6.45) is 9.74. The second-order valence-electron chi connectivity index (χ2n) is 9.03. The van der Waals surface area contributed by atoms with Crippen LogP contribution < -0.4 is 5.32 Å². The lowest BCUT2D eigenvalue weighted by molar-refractivity contribution is -0.122. The normalized spacial score (nSPS) is 24.6. The van der Waals surface area contributed by atoms with Gasteiger partial charge in [0.25, 0.3) is 5.89 Å².